The Morgan fingerprint density at radius 1 is 1.25 bits per heavy atom. The van der Waals surface area contributed by atoms with Crippen LogP contribution in [0.1, 0.15) is 26.2 Å². The predicted molar refractivity (Wildman–Crippen MR) is 64.0 cm³/mol. The number of carbonyl (C=O) groups is 1. The summed E-state index contributed by atoms with van der Waals surface area (Å²) in [6, 6.07) is -0.347. The maximum absolute atomic E-state index is 11.8. The van der Waals surface area contributed by atoms with Crippen LogP contribution in [-0.2, 0) is 4.79 Å². The molecule has 4 heteroatoms. The van der Waals surface area contributed by atoms with Crippen LogP contribution >= 0.6 is 0 Å². The van der Waals surface area contributed by atoms with Crippen molar-refractivity contribution in [3.8, 4) is 0 Å². The number of nitrogens with zero attached hydrogens (tertiary/aromatic N) is 2. The quantitative estimate of drug-likeness (QED) is 0.697. The first-order valence-corrected chi connectivity index (χ1v) is 6.25. The summed E-state index contributed by atoms with van der Waals surface area (Å²) < 4.78 is 0. The van der Waals surface area contributed by atoms with Crippen LogP contribution in [0.2, 0.25) is 0 Å². The van der Waals surface area contributed by atoms with Crippen molar-refractivity contribution in [1.82, 2.24) is 9.80 Å². The third-order valence-corrected chi connectivity index (χ3v) is 4.15. The Kier molecular flexibility index (Phi) is 3.22. The Hall–Kier alpha value is -0.610. The van der Waals surface area contributed by atoms with E-state index in [1.165, 1.54) is 19.5 Å². The van der Waals surface area contributed by atoms with Crippen LogP contribution in [0.3, 0.4) is 0 Å². The van der Waals surface area contributed by atoms with Crippen molar-refractivity contribution in [2.75, 3.05) is 33.2 Å². The molecule has 0 radical (unpaired) electrons. The van der Waals surface area contributed by atoms with Gasteiger partial charge in [-0.1, -0.05) is 0 Å². The van der Waals surface area contributed by atoms with E-state index in [1.54, 1.807) is 6.92 Å². The zero-order valence-corrected chi connectivity index (χ0v) is 10.4. The minimum atomic E-state index is -0.347. The SMILES string of the molecule is CC(N)C(=O)N1CCC2(CCN(C)C2)CC1. The van der Waals surface area contributed by atoms with Gasteiger partial charge in [0.05, 0.1) is 6.04 Å². The summed E-state index contributed by atoms with van der Waals surface area (Å²) in [6.45, 7) is 5.98. The summed E-state index contributed by atoms with van der Waals surface area (Å²) in [7, 11) is 2.19. The summed E-state index contributed by atoms with van der Waals surface area (Å²) in [6.07, 6.45) is 3.59. The number of likely N-dealkylation sites (tertiary alicyclic amines) is 2. The fourth-order valence-electron chi connectivity index (χ4n) is 3.06. The predicted octanol–water partition coefficient (Wildman–Crippen LogP) is 0.278. The molecule has 2 heterocycles. The number of carbonyl (C=O) groups excluding carboxylic acids is 1. The Labute approximate surface area is 97.8 Å². The van der Waals surface area contributed by atoms with Crippen LogP contribution in [0.25, 0.3) is 0 Å². The molecule has 1 atom stereocenters. The van der Waals surface area contributed by atoms with E-state index >= 15 is 0 Å². The van der Waals surface area contributed by atoms with Crippen LogP contribution in [0, 0.1) is 5.41 Å². The van der Waals surface area contributed by atoms with Crippen LogP contribution < -0.4 is 5.73 Å². The largest absolute Gasteiger partial charge is 0.341 e. The number of amides is 1. The molecule has 2 N–H and O–H groups in total. The van der Waals surface area contributed by atoms with Gasteiger partial charge in [0.1, 0.15) is 0 Å². The van der Waals surface area contributed by atoms with Crippen LogP contribution in [0.15, 0.2) is 0 Å². The van der Waals surface area contributed by atoms with Gasteiger partial charge in [0, 0.05) is 19.6 Å². The van der Waals surface area contributed by atoms with E-state index in [0.717, 1.165) is 25.9 Å². The van der Waals surface area contributed by atoms with Crippen molar-refractivity contribution < 1.29 is 4.79 Å². The van der Waals surface area contributed by atoms with E-state index < -0.39 is 0 Å². The molecule has 0 bridgehead atoms. The maximum Gasteiger partial charge on any atom is 0.239 e. The summed E-state index contributed by atoms with van der Waals surface area (Å²) >= 11 is 0. The summed E-state index contributed by atoms with van der Waals surface area (Å²) in [5.41, 5.74) is 6.12. The first-order chi connectivity index (χ1) is 7.52. The van der Waals surface area contributed by atoms with Gasteiger partial charge in [-0.3, -0.25) is 4.79 Å². The summed E-state index contributed by atoms with van der Waals surface area (Å²) in [5.74, 6) is 0.112. The van der Waals surface area contributed by atoms with E-state index in [-0.39, 0.29) is 11.9 Å². The molecule has 1 unspecified atom stereocenters. The van der Waals surface area contributed by atoms with Crippen molar-refractivity contribution in [3.05, 3.63) is 0 Å². The molecule has 16 heavy (non-hydrogen) atoms. The fraction of sp³-hybridized carbons (Fsp3) is 0.917. The highest BCUT2D eigenvalue weighted by atomic mass is 16.2. The topological polar surface area (TPSA) is 49.6 Å². The minimum absolute atomic E-state index is 0.112. The Balaban J connectivity index is 1.90. The van der Waals surface area contributed by atoms with E-state index in [9.17, 15) is 4.79 Å². The first-order valence-electron chi connectivity index (χ1n) is 6.25. The van der Waals surface area contributed by atoms with Crippen LogP contribution in [0.5, 0.6) is 0 Å². The molecule has 2 fully saturated rings. The van der Waals surface area contributed by atoms with Crippen molar-refractivity contribution >= 4 is 5.91 Å². The number of rotatable bonds is 1. The molecule has 1 amide bonds. The lowest BCUT2D eigenvalue weighted by Gasteiger charge is -2.39. The van der Waals surface area contributed by atoms with Gasteiger partial charge in [0.2, 0.25) is 5.91 Å². The molecule has 0 aromatic rings. The Bertz CT molecular complexity index is 269. The molecule has 0 aromatic heterocycles. The van der Waals surface area contributed by atoms with Crippen molar-refractivity contribution in [2.24, 2.45) is 11.1 Å². The molecule has 0 aliphatic carbocycles. The monoisotopic (exact) mass is 225 g/mol. The smallest absolute Gasteiger partial charge is 0.239 e. The van der Waals surface area contributed by atoms with Crippen LogP contribution in [0.4, 0.5) is 0 Å². The maximum atomic E-state index is 11.8. The molecule has 2 aliphatic rings. The average Bonchev–Trinajstić information content (AvgIpc) is 2.60. The molecule has 2 aliphatic heterocycles. The number of hydrogen-bond donors (Lipinski definition) is 1. The Morgan fingerprint density at radius 3 is 2.25 bits per heavy atom. The molecule has 92 valence electrons. The number of nitrogens with two attached hydrogens (primary N) is 1. The standard InChI is InChI=1S/C12H23N3O/c1-10(13)11(16)15-7-4-12(5-8-15)3-6-14(2)9-12/h10H,3-9,13H2,1-2H3. The third-order valence-electron chi connectivity index (χ3n) is 4.15. The van der Waals surface area contributed by atoms with E-state index in [2.05, 4.69) is 11.9 Å². The van der Waals surface area contributed by atoms with Gasteiger partial charge in [0.15, 0.2) is 0 Å². The molecular weight excluding hydrogens is 202 g/mol. The molecule has 2 saturated heterocycles. The second kappa shape index (κ2) is 4.34. The number of piperidine rings is 1. The van der Waals surface area contributed by atoms with E-state index in [0.29, 0.717) is 5.41 Å². The molecule has 2 rings (SSSR count). The Morgan fingerprint density at radius 2 is 1.81 bits per heavy atom. The zero-order chi connectivity index (χ0) is 11.8. The molecule has 1 spiro atoms. The van der Waals surface area contributed by atoms with Gasteiger partial charge >= 0.3 is 0 Å². The van der Waals surface area contributed by atoms with Crippen molar-refractivity contribution in [1.29, 1.82) is 0 Å². The van der Waals surface area contributed by atoms with Gasteiger partial charge < -0.3 is 15.5 Å². The molecule has 0 saturated carbocycles. The van der Waals surface area contributed by atoms with Crippen molar-refractivity contribution in [3.63, 3.8) is 0 Å². The average molecular weight is 225 g/mol. The van der Waals surface area contributed by atoms with Crippen LogP contribution in [-0.4, -0.2) is 55.0 Å². The molecular formula is C12H23N3O. The lowest BCUT2D eigenvalue weighted by Crippen LogP contribution is -2.48. The lowest BCUT2D eigenvalue weighted by molar-refractivity contribution is -0.134. The highest BCUT2D eigenvalue weighted by Crippen LogP contribution is 2.39. The summed E-state index contributed by atoms with van der Waals surface area (Å²) in [5, 5.41) is 0. The third kappa shape index (κ3) is 2.23. The highest BCUT2D eigenvalue weighted by molar-refractivity contribution is 5.81. The molecule has 0 aromatic carbocycles. The van der Waals surface area contributed by atoms with Gasteiger partial charge in [-0.25, -0.2) is 0 Å². The van der Waals surface area contributed by atoms with Gasteiger partial charge in [-0.2, -0.15) is 0 Å². The second-order valence-electron chi connectivity index (χ2n) is 5.60. The van der Waals surface area contributed by atoms with Gasteiger partial charge in [0.25, 0.3) is 0 Å². The second-order valence-corrected chi connectivity index (χ2v) is 5.60. The highest BCUT2D eigenvalue weighted by Gasteiger charge is 2.40. The van der Waals surface area contributed by atoms with E-state index in [4.69, 9.17) is 5.73 Å². The normalized spacial score (nSPS) is 27.3. The number of hydrogen-bond acceptors (Lipinski definition) is 3. The first kappa shape index (κ1) is 11.9. The molecule has 4 nitrogen and oxygen atoms in total. The van der Waals surface area contributed by atoms with Crippen molar-refractivity contribution in [2.45, 2.75) is 32.2 Å². The zero-order valence-electron chi connectivity index (χ0n) is 10.4. The minimum Gasteiger partial charge on any atom is -0.341 e. The van der Waals surface area contributed by atoms with Gasteiger partial charge in [-0.15, -0.1) is 0 Å². The van der Waals surface area contributed by atoms with E-state index in [1.807, 2.05) is 4.90 Å². The lowest BCUT2D eigenvalue weighted by atomic mass is 9.77. The fourth-order valence-corrected chi connectivity index (χ4v) is 3.06. The summed E-state index contributed by atoms with van der Waals surface area (Å²) in [4.78, 5) is 16.1. The van der Waals surface area contributed by atoms with Gasteiger partial charge in [-0.05, 0) is 45.2 Å².